The van der Waals surface area contributed by atoms with E-state index in [4.69, 9.17) is 14.2 Å². The van der Waals surface area contributed by atoms with Crippen molar-refractivity contribution < 1.29 is 33.4 Å². The second-order valence-corrected chi connectivity index (χ2v) is 12.8. The third kappa shape index (κ3) is 38.1. The van der Waals surface area contributed by atoms with E-state index in [1.165, 1.54) is 50.9 Å². The van der Waals surface area contributed by atoms with Crippen molar-refractivity contribution in [1.82, 2.24) is 4.90 Å². The number of hydrogen-bond donors (Lipinski definition) is 0. The van der Waals surface area contributed by atoms with Gasteiger partial charge in [-0.2, -0.15) is 0 Å². The second kappa shape index (κ2) is 36.6. The topological polar surface area (TPSA) is 99.2 Å². The number of esters is 3. The summed E-state index contributed by atoms with van der Waals surface area (Å²) in [7, 11) is 0. The van der Waals surface area contributed by atoms with Gasteiger partial charge in [0, 0.05) is 0 Å². The molecular weight excluding hydrogens is 594 g/mol. The fourth-order valence-corrected chi connectivity index (χ4v) is 4.39. The summed E-state index contributed by atoms with van der Waals surface area (Å²) >= 11 is 0. The average Bonchev–Trinajstić information content (AvgIpc) is 3.03. The summed E-state index contributed by atoms with van der Waals surface area (Å²) in [4.78, 5) is 48.4. The maximum Gasteiger partial charge on any atom is 0.320 e. The van der Waals surface area contributed by atoms with Crippen molar-refractivity contribution in [3.8, 4) is 0 Å². The molecule has 0 bridgehead atoms. The molecule has 0 rings (SSSR count). The van der Waals surface area contributed by atoms with E-state index in [9.17, 15) is 19.2 Å². The quantitative estimate of drug-likeness (QED) is 0.0369. The molecule has 0 spiro atoms. The van der Waals surface area contributed by atoms with E-state index in [0.717, 1.165) is 57.8 Å². The Bertz CT molecular complexity index is 779. The Morgan fingerprint density at radius 2 is 0.957 bits per heavy atom. The van der Waals surface area contributed by atoms with Crippen LogP contribution in [0.2, 0.25) is 0 Å². The predicted molar refractivity (Wildman–Crippen MR) is 195 cm³/mol. The summed E-state index contributed by atoms with van der Waals surface area (Å²) in [6.07, 6.45) is 19.4. The van der Waals surface area contributed by atoms with Gasteiger partial charge in [0.2, 0.25) is 0 Å². The molecule has 0 saturated carbocycles. The van der Waals surface area contributed by atoms with Gasteiger partial charge < -0.3 is 19.0 Å². The molecule has 8 heteroatoms. The van der Waals surface area contributed by atoms with Crippen LogP contribution in [0.15, 0.2) is 12.2 Å². The Hall–Kier alpha value is -2.22. The minimum Gasteiger partial charge on any atom is -0.465 e. The van der Waals surface area contributed by atoms with E-state index in [-0.39, 0.29) is 31.3 Å². The van der Waals surface area contributed by atoms with Crippen molar-refractivity contribution in [3.05, 3.63) is 12.2 Å². The monoisotopic (exact) mass is 670 g/mol. The molecule has 3 unspecified atom stereocenters. The first-order valence-electron chi connectivity index (χ1n) is 18.8. The van der Waals surface area contributed by atoms with E-state index in [1.807, 2.05) is 20.8 Å². The van der Waals surface area contributed by atoms with Gasteiger partial charge in [-0.25, -0.2) is 0 Å². The fourth-order valence-electron chi connectivity index (χ4n) is 4.39. The zero-order chi connectivity index (χ0) is 36.3. The van der Waals surface area contributed by atoms with Crippen molar-refractivity contribution in [2.24, 2.45) is 17.8 Å². The molecule has 0 aromatic heterocycles. The molecule has 0 saturated heterocycles. The number of carbonyl (C=O) groups is 4. The van der Waals surface area contributed by atoms with Crippen molar-refractivity contribution in [3.63, 3.8) is 0 Å². The van der Waals surface area contributed by atoms with Gasteiger partial charge in [0.1, 0.15) is 5.78 Å². The zero-order valence-corrected chi connectivity index (χ0v) is 32.3. The van der Waals surface area contributed by atoms with Gasteiger partial charge in [-0.05, 0) is 57.3 Å². The Balaban J connectivity index is -0.00000297. The van der Waals surface area contributed by atoms with Crippen LogP contribution in [-0.2, 0) is 33.4 Å². The van der Waals surface area contributed by atoms with Crippen LogP contribution in [0.3, 0.4) is 0 Å². The molecule has 0 fully saturated rings. The van der Waals surface area contributed by atoms with E-state index in [2.05, 4.69) is 46.8 Å². The molecule has 8 nitrogen and oxygen atoms in total. The Morgan fingerprint density at radius 1 is 0.574 bits per heavy atom. The predicted octanol–water partition coefficient (Wildman–Crippen LogP) is 9.53. The highest BCUT2D eigenvalue weighted by molar-refractivity contribution is 5.78. The number of ketones is 1. The van der Waals surface area contributed by atoms with Crippen LogP contribution in [-0.4, -0.2) is 68.0 Å². The minimum absolute atomic E-state index is 0.150. The summed E-state index contributed by atoms with van der Waals surface area (Å²) in [5.41, 5.74) is 0. The number of carbonyl (C=O) groups excluding carboxylic acids is 4. The van der Waals surface area contributed by atoms with Gasteiger partial charge in [-0.3, -0.25) is 19.3 Å². The lowest BCUT2D eigenvalue weighted by atomic mass is 9.90. The van der Waals surface area contributed by atoms with Crippen molar-refractivity contribution >= 4 is 23.7 Å². The van der Waals surface area contributed by atoms with Crippen LogP contribution in [0.25, 0.3) is 0 Å². The number of Topliss-reactive ketones (excluding diaryl/α,β-unsaturated/α-hetero) is 1. The van der Waals surface area contributed by atoms with Gasteiger partial charge in [-0.1, -0.05) is 132 Å². The Morgan fingerprint density at radius 3 is 1.38 bits per heavy atom. The minimum atomic E-state index is -0.456. The molecule has 0 aromatic rings. The van der Waals surface area contributed by atoms with Gasteiger partial charge in [0.25, 0.3) is 0 Å². The van der Waals surface area contributed by atoms with Crippen molar-refractivity contribution in [2.75, 3.05) is 39.5 Å². The van der Waals surface area contributed by atoms with E-state index < -0.39 is 17.9 Å². The second-order valence-electron chi connectivity index (χ2n) is 12.8. The van der Waals surface area contributed by atoms with E-state index in [0.29, 0.717) is 31.7 Å². The maximum atomic E-state index is 12.6. The van der Waals surface area contributed by atoms with Gasteiger partial charge in [0.05, 0.1) is 39.5 Å². The van der Waals surface area contributed by atoms with Crippen LogP contribution >= 0.6 is 0 Å². The summed E-state index contributed by atoms with van der Waals surface area (Å²) < 4.78 is 16.2. The SMILES string of the molecule is CC.CC(C)=O.CCCCCCCCOC(=O)CN(CC(=O)OCCCCCCC)CC(=O)OCC(C)C/C=C\CC(C)C(C)CC. The summed E-state index contributed by atoms with van der Waals surface area (Å²) in [5, 5.41) is 0. The first kappa shape index (κ1) is 49.2. The zero-order valence-electron chi connectivity index (χ0n) is 32.3. The van der Waals surface area contributed by atoms with Crippen molar-refractivity contribution in [2.45, 2.75) is 159 Å². The maximum absolute atomic E-state index is 12.6. The van der Waals surface area contributed by atoms with Crippen LogP contribution in [0.1, 0.15) is 159 Å². The summed E-state index contributed by atoms with van der Waals surface area (Å²) in [5.74, 6) is 0.369. The molecule has 0 aromatic carbocycles. The summed E-state index contributed by atoms with van der Waals surface area (Å²) in [6.45, 7) is 20.8. The van der Waals surface area contributed by atoms with E-state index in [1.54, 1.807) is 0 Å². The van der Waals surface area contributed by atoms with Gasteiger partial charge in [0.15, 0.2) is 0 Å². The molecule has 0 radical (unpaired) electrons. The van der Waals surface area contributed by atoms with E-state index >= 15 is 0 Å². The molecule has 0 N–H and O–H groups in total. The highest BCUT2D eigenvalue weighted by Crippen LogP contribution is 2.18. The lowest BCUT2D eigenvalue weighted by Crippen LogP contribution is -2.40. The molecule has 0 aliphatic heterocycles. The molecule has 0 aliphatic carbocycles. The molecular formula is C39H75NO7. The average molecular weight is 670 g/mol. The first-order chi connectivity index (χ1) is 22.5. The summed E-state index contributed by atoms with van der Waals surface area (Å²) in [6, 6.07) is 0. The van der Waals surface area contributed by atoms with Gasteiger partial charge >= 0.3 is 17.9 Å². The highest BCUT2D eigenvalue weighted by Gasteiger charge is 2.21. The number of nitrogens with zero attached hydrogens (tertiary/aromatic N) is 1. The van der Waals surface area contributed by atoms with Crippen LogP contribution < -0.4 is 0 Å². The molecule has 0 amide bonds. The molecule has 278 valence electrons. The number of ether oxygens (including phenoxy) is 3. The van der Waals surface area contributed by atoms with Crippen molar-refractivity contribution in [1.29, 1.82) is 0 Å². The number of hydrogen-bond acceptors (Lipinski definition) is 8. The van der Waals surface area contributed by atoms with Gasteiger partial charge in [-0.15, -0.1) is 0 Å². The lowest BCUT2D eigenvalue weighted by molar-refractivity contribution is -0.152. The molecule has 0 aliphatic rings. The van der Waals surface area contributed by atoms with Crippen LogP contribution in [0.5, 0.6) is 0 Å². The first-order valence-corrected chi connectivity index (χ1v) is 18.8. The van der Waals surface area contributed by atoms with Crippen LogP contribution in [0, 0.1) is 17.8 Å². The smallest absolute Gasteiger partial charge is 0.320 e. The Labute approximate surface area is 290 Å². The highest BCUT2D eigenvalue weighted by atomic mass is 16.5. The molecule has 3 atom stereocenters. The lowest BCUT2D eigenvalue weighted by Gasteiger charge is -2.20. The largest absolute Gasteiger partial charge is 0.465 e. The normalized spacial score (nSPS) is 12.7. The number of rotatable bonds is 27. The Kier molecular flexibility index (Phi) is 38.3. The fraction of sp³-hybridized carbons (Fsp3) is 0.846. The number of unbranched alkanes of at least 4 members (excludes halogenated alkanes) is 9. The third-order valence-corrected chi connectivity index (χ3v) is 7.69. The van der Waals surface area contributed by atoms with Crippen LogP contribution in [0.4, 0.5) is 0 Å². The number of allylic oxidation sites excluding steroid dienone is 2. The molecule has 0 heterocycles. The standard InChI is InChI=1S/C34H63NO6.C3H6O.C2H6/c1-7-10-12-14-16-20-24-40-33(37)26-35(25-32(36)39-23-19-15-13-11-8-2)27-34(38)41-28-29(4)21-17-18-22-31(6)30(5)9-3;1-3(2)4;1-2/h17-18,29-31H,7-16,19-28H2,1-6H3;1-2H3;1-2H3/b18-17-;;. The third-order valence-electron chi connectivity index (χ3n) is 7.69. The molecule has 47 heavy (non-hydrogen) atoms.